The molecule has 3 aromatic heterocycles. The van der Waals surface area contributed by atoms with Crippen molar-refractivity contribution in [2.75, 3.05) is 30.0 Å². The minimum Gasteiger partial charge on any atom is -0.480 e. The Labute approximate surface area is 369 Å². The lowest BCUT2D eigenvalue weighted by Gasteiger charge is -2.10. The number of carboxylic acids is 1. The maximum absolute atomic E-state index is 12.8. The molecule has 0 fully saturated rings. The van der Waals surface area contributed by atoms with Crippen molar-refractivity contribution in [3.8, 4) is 17.4 Å². The van der Waals surface area contributed by atoms with Gasteiger partial charge >= 0.3 is 30.3 Å². The van der Waals surface area contributed by atoms with Crippen molar-refractivity contribution < 1.29 is 49.8 Å². The van der Waals surface area contributed by atoms with Gasteiger partial charge in [-0.2, -0.15) is 28.4 Å². The van der Waals surface area contributed by atoms with Gasteiger partial charge in [0.05, 0.1) is 44.8 Å². The number of urea groups is 1. The van der Waals surface area contributed by atoms with E-state index in [-0.39, 0.29) is 53.7 Å². The number of amides is 2. The quantitative estimate of drug-likeness (QED) is 0.114. The standard InChI is InChI=1S/C12H12ClN5O4S.C11H10Cl2F2N4O3S.C11H8ClNO3/c1-7-14-10(17-12(15-7)22-2)16-11(19)18-23(20,21)9-6-4-3-5-8(9)13;1-5-16-19(11(20)18(5)10(14)15)9-4-8(17-23(2,21)22)6(12)3-7(9)13;12-8-3-4-9(16-6-10(14)15)11-7(8)2-1-5-13-11/h3-6H,1-2H3,(H2,14,15,16,17,18,19);3-4,10,17H,1-2H3;1-5H,6H2,(H,14,15). The summed E-state index contributed by atoms with van der Waals surface area (Å²) in [6, 6.07) is 13.8. The summed E-state index contributed by atoms with van der Waals surface area (Å²) in [5.41, 5.74) is -0.706. The highest BCUT2D eigenvalue weighted by atomic mass is 35.5. The van der Waals surface area contributed by atoms with Crippen LogP contribution >= 0.6 is 46.4 Å². The SMILES string of the molecule is COc1nc(C)nc(NC(=O)NS(=O)(=O)c2ccccc2Cl)n1.Cc1nn(-c2cc(NS(C)(=O)=O)c(Cl)cc2Cl)c(=O)n1C(F)F.O=C(O)COc1ccc(Cl)c2cccnc12. The Bertz CT molecular complexity index is 2930. The number of fused-ring (bicyclic) bond motifs is 1. The molecule has 62 heavy (non-hydrogen) atoms. The van der Waals surface area contributed by atoms with E-state index in [1.807, 2.05) is 4.72 Å². The van der Waals surface area contributed by atoms with E-state index in [0.29, 0.717) is 26.8 Å². The Morgan fingerprint density at radius 1 is 0.903 bits per heavy atom. The number of ether oxygens (including phenoxy) is 2. The second kappa shape index (κ2) is 20.8. The average Bonchev–Trinajstić information content (AvgIpc) is 3.48. The number of anilines is 2. The molecule has 20 nitrogen and oxygen atoms in total. The van der Waals surface area contributed by atoms with Crippen molar-refractivity contribution in [3.05, 3.63) is 109 Å². The fourth-order valence-corrected chi connectivity index (χ4v) is 7.55. The molecule has 3 heterocycles. The maximum atomic E-state index is 12.8. The van der Waals surface area contributed by atoms with Crippen LogP contribution in [0.15, 0.2) is 76.6 Å². The van der Waals surface area contributed by atoms with Crippen LogP contribution in [0.25, 0.3) is 16.6 Å². The first-order chi connectivity index (χ1) is 29.0. The number of hydrogen-bond acceptors (Lipinski definition) is 14. The Balaban J connectivity index is 0.000000208. The molecule has 0 bridgehead atoms. The van der Waals surface area contributed by atoms with Gasteiger partial charge in [0.2, 0.25) is 16.0 Å². The number of halogens is 6. The van der Waals surface area contributed by atoms with Crippen molar-refractivity contribution in [2.45, 2.75) is 25.3 Å². The number of nitrogens with one attached hydrogen (secondary N) is 3. The molecule has 330 valence electrons. The van der Waals surface area contributed by atoms with Gasteiger partial charge in [-0.25, -0.2) is 40.5 Å². The molecule has 0 atom stereocenters. The van der Waals surface area contributed by atoms with Crippen LogP contribution in [0, 0.1) is 13.8 Å². The number of rotatable bonds is 11. The third kappa shape index (κ3) is 13.0. The predicted molar refractivity (Wildman–Crippen MR) is 224 cm³/mol. The summed E-state index contributed by atoms with van der Waals surface area (Å²) >= 11 is 23.6. The summed E-state index contributed by atoms with van der Waals surface area (Å²) in [7, 11) is -6.43. The highest BCUT2D eigenvalue weighted by Crippen LogP contribution is 2.32. The van der Waals surface area contributed by atoms with E-state index in [1.54, 1.807) is 43.5 Å². The number of benzene rings is 3. The summed E-state index contributed by atoms with van der Waals surface area (Å²) < 4.78 is 87.3. The Kier molecular flexibility index (Phi) is 16.3. The van der Waals surface area contributed by atoms with Crippen LogP contribution in [0.5, 0.6) is 11.8 Å². The van der Waals surface area contributed by atoms with Crippen molar-refractivity contribution >= 4 is 101 Å². The van der Waals surface area contributed by atoms with Crippen LogP contribution in [-0.2, 0) is 24.8 Å². The van der Waals surface area contributed by atoms with E-state index < -0.39 is 50.9 Å². The second-order valence-electron chi connectivity index (χ2n) is 11.9. The van der Waals surface area contributed by atoms with Gasteiger partial charge in [0, 0.05) is 11.6 Å². The summed E-state index contributed by atoms with van der Waals surface area (Å²) in [6.07, 6.45) is 2.51. The lowest BCUT2D eigenvalue weighted by atomic mass is 10.2. The Hall–Kier alpha value is -5.92. The molecule has 0 spiro atoms. The molecular formula is C34H30Cl4F2N10O10S2. The summed E-state index contributed by atoms with van der Waals surface area (Å²) in [4.78, 5) is 49.6. The Morgan fingerprint density at radius 2 is 1.60 bits per heavy atom. The van der Waals surface area contributed by atoms with E-state index >= 15 is 0 Å². The first kappa shape index (κ1) is 48.7. The molecule has 2 amide bonds. The smallest absolute Gasteiger partial charge is 0.355 e. The topological polar surface area (TPSA) is 269 Å². The number of methoxy groups -OCH3 is 1. The molecule has 0 aliphatic rings. The van der Waals surface area contributed by atoms with E-state index in [2.05, 4.69) is 35.1 Å². The predicted octanol–water partition coefficient (Wildman–Crippen LogP) is 6.12. The van der Waals surface area contributed by atoms with Crippen LogP contribution in [-0.4, -0.2) is 88.2 Å². The van der Waals surface area contributed by atoms with Gasteiger partial charge in [0.25, 0.3) is 10.0 Å². The molecular weight excluding hydrogens is 952 g/mol. The highest BCUT2D eigenvalue weighted by molar-refractivity contribution is 7.92. The number of pyridine rings is 1. The number of aryl methyl sites for hydroxylation is 2. The first-order valence-electron chi connectivity index (χ1n) is 16.7. The van der Waals surface area contributed by atoms with Crippen LogP contribution in [0.4, 0.5) is 25.2 Å². The molecule has 0 aliphatic carbocycles. The van der Waals surface area contributed by atoms with Crippen molar-refractivity contribution in [1.82, 2.24) is 39.0 Å². The number of alkyl halides is 2. The molecule has 0 unspecified atom stereocenters. The third-order valence-electron chi connectivity index (χ3n) is 7.25. The third-order valence-corrected chi connectivity index (χ3v) is 10.6. The lowest BCUT2D eigenvalue weighted by molar-refractivity contribution is -0.139. The van der Waals surface area contributed by atoms with E-state index in [4.69, 9.17) is 61.0 Å². The fourth-order valence-electron chi connectivity index (χ4n) is 4.77. The second-order valence-corrected chi connectivity index (χ2v) is 16.9. The number of carbonyl (C=O) groups excluding carboxylic acids is 1. The largest absolute Gasteiger partial charge is 0.480 e. The number of carbonyl (C=O) groups is 2. The summed E-state index contributed by atoms with van der Waals surface area (Å²) in [5.74, 6) is -0.697. The molecule has 0 saturated carbocycles. The van der Waals surface area contributed by atoms with Crippen molar-refractivity contribution in [2.24, 2.45) is 0 Å². The zero-order valence-electron chi connectivity index (χ0n) is 32.0. The van der Waals surface area contributed by atoms with E-state index in [9.17, 15) is 40.0 Å². The summed E-state index contributed by atoms with van der Waals surface area (Å²) in [5, 5.41) is 15.6. The normalized spacial score (nSPS) is 11.1. The molecule has 0 radical (unpaired) electrons. The molecule has 0 saturated heterocycles. The first-order valence-corrected chi connectivity index (χ1v) is 21.6. The zero-order chi connectivity index (χ0) is 46.1. The number of nitrogens with zero attached hydrogens (tertiary/aromatic N) is 7. The van der Waals surface area contributed by atoms with Gasteiger partial charge in [0.15, 0.2) is 6.61 Å². The highest BCUT2D eigenvalue weighted by Gasteiger charge is 2.23. The lowest BCUT2D eigenvalue weighted by Crippen LogP contribution is -2.35. The molecule has 3 aromatic carbocycles. The van der Waals surface area contributed by atoms with Crippen molar-refractivity contribution in [3.63, 3.8) is 0 Å². The zero-order valence-corrected chi connectivity index (χ0v) is 36.6. The number of carboxylic acid groups (broad SMARTS) is 1. The van der Waals surface area contributed by atoms with Crippen LogP contribution < -0.4 is 29.9 Å². The monoisotopic (exact) mass is 980 g/mol. The van der Waals surface area contributed by atoms with Crippen LogP contribution in [0.1, 0.15) is 18.2 Å². The van der Waals surface area contributed by atoms with Gasteiger partial charge in [0.1, 0.15) is 27.8 Å². The van der Waals surface area contributed by atoms with E-state index in [1.165, 1.54) is 38.3 Å². The molecule has 4 N–H and O–H groups in total. The average molecular weight is 983 g/mol. The number of sulfonamides is 2. The molecule has 6 aromatic rings. The number of aliphatic carboxylic acids is 1. The van der Waals surface area contributed by atoms with Gasteiger partial charge < -0.3 is 14.6 Å². The van der Waals surface area contributed by atoms with Crippen LogP contribution in [0.2, 0.25) is 20.1 Å². The molecule has 6 rings (SSSR count). The minimum absolute atomic E-state index is 0.00882. The molecule has 0 aliphatic heterocycles. The number of hydrogen-bond donors (Lipinski definition) is 4. The fraction of sp³-hybridized carbons (Fsp3) is 0.176. The van der Waals surface area contributed by atoms with Crippen LogP contribution in [0.3, 0.4) is 0 Å². The maximum Gasteiger partial charge on any atom is 0.355 e. The van der Waals surface area contributed by atoms with Gasteiger partial charge in [-0.05, 0) is 62.4 Å². The van der Waals surface area contributed by atoms with Crippen molar-refractivity contribution in [1.29, 1.82) is 0 Å². The molecule has 28 heteroatoms. The van der Waals surface area contributed by atoms with Gasteiger partial charge in [-0.3, -0.25) is 15.0 Å². The minimum atomic E-state index is -4.13. The number of aromatic nitrogens is 7. The summed E-state index contributed by atoms with van der Waals surface area (Å²) in [6.45, 7) is -0.680. The van der Waals surface area contributed by atoms with Gasteiger partial charge in [-0.1, -0.05) is 58.5 Å². The Morgan fingerprint density at radius 3 is 2.21 bits per heavy atom. The van der Waals surface area contributed by atoms with Gasteiger partial charge in [-0.15, -0.1) is 5.10 Å². The van der Waals surface area contributed by atoms with E-state index in [0.717, 1.165) is 17.7 Å².